The third-order valence-corrected chi connectivity index (χ3v) is 8.07. The molecule has 0 saturated heterocycles. The van der Waals surface area contributed by atoms with Gasteiger partial charge in [0.25, 0.3) is 0 Å². The molecule has 4 aromatic rings. The van der Waals surface area contributed by atoms with Crippen molar-refractivity contribution >= 4 is 75.3 Å². The van der Waals surface area contributed by atoms with Crippen LogP contribution in [0.5, 0.6) is 0 Å². The molecule has 2 aromatic carbocycles. The fraction of sp³-hybridized carbons (Fsp3) is 0.200. The van der Waals surface area contributed by atoms with Crippen molar-refractivity contribution in [3.63, 3.8) is 0 Å². The van der Waals surface area contributed by atoms with Crippen LogP contribution in [0, 0.1) is 0 Å². The van der Waals surface area contributed by atoms with Crippen molar-refractivity contribution < 1.29 is 11.5 Å². The van der Waals surface area contributed by atoms with Crippen LogP contribution in [0.25, 0.3) is 21.8 Å². The van der Waals surface area contributed by atoms with Gasteiger partial charge in [0, 0.05) is 43.6 Å². The molecule has 0 radical (unpaired) electrons. The second kappa shape index (κ2) is 8.85. The van der Waals surface area contributed by atoms with Crippen molar-refractivity contribution in [2.75, 3.05) is 13.1 Å². The smallest absolute Gasteiger partial charge is 0.0879 e. The highest BCUT2D eigenvalue weighted by molar-refractivity contribution is 9.10. The van der Waals surface area contributed by atoms with E-state index in [2.05, 4.69) is 89.7 Å². The molecule has 8 heteroatoms. The van der Waals surface area contributed by atoms with E-state index in [1.54, 1.807) is 21.6 Å². The molecule has 0 aliphatic heterocycles. The summed E-state index contributed by atoms with van der Waals surface area (Å²) in [5, 5.41) is 4.99. The van der Waals surface area contributed by atoms with E-state index in [1.165, 1.54) is 43.0 Å². The Bertz CT molecular complexity index is 1050. The first-order chi connectivity index (χ1) is 13.6. The van der Waals surface area contributed by atoms with Crippen molar-refractivity contribution in [1.29, 1.82) is 0 Å². The highest BCUT2D eigenvalue weighted by Crippen LogP contribution is 2.44. The molecule has 8 N–H and O–H groups in total. The number of rotatable bonds is 7. The molecule has 0 bridgehead atoms. The molecule has 28 heavy (non-hydrogen) atoms. The Balaban J connectivity index is 1.69. The number of aromatic nitrogens is 2. The Hall–Kier alpha value is -0.900. The highest BCUT2D eigenvalue weighted by Gasteiger charge is 2.17. The normalized spacial score (nSPS) is 11.7. The maximum absolute atomic E-state index is 4.06. The van der Waals surface area contributed by atoms with Crippen LogP contribution in [0.4, 0.5) is 0 Å². The lowest BCUT2D eigenvalue weighted by atomic mass is 10.1. The zero-order valence-corrected chi connectivity index (χ0v) is 20.1. The first kappa shape index (κ1) is 20.4. The summed E-state index contributed by atoms with van der Waals surface area (Å²) in [5.74, 6) is 0. The van der Waals surface area contributed by atoms with Crippen molar-refractivity contribution in [3.8, 4) is 0 Å². The molecule has 0 unspecified atom stereocenters. The van der Waals surface area contributed by atoms with E-state index in [0.29, 0.717) is 0 Å². The summed E-state index contributed by atoms with van der Waals surface area (Å²) < 4.78 is 2.18. The number of hydrogen-bond donors (Lipinski definition) is 4. The minimum absolute atomic E-state index is 0.883. The molecule has 0 fully saturated rings. The molecule has 2 aromatic heterocycles. The number of hydrogen-bond acceptors (Lipinski definition) is 2. The second-order valence-electron chi connectivity index (χ2n) is 6.62. The van der Waals surface area contributed by atoms with Gasteiger partial charge in [0.2, 0.25) is 0 Å². The zero-order valence-electron chi connectivity index (χ0n) is 15.3. The van der Waals surface area contributed by atoms with Gasteiger partial charge >= 0.3 is 0 Å². The summed E-state index contributed by atoms with van der Waals surface area (Å²) in [7, 11) is 3.57. The molecule has 2 heterocycles. The Labute approximate surface area is 188 Å². The predicted octanol–water partition coefficient (Wildman–Crippen LogP) is 4.54. The third-order valence-electron chi connectivity index (χ3n) is 4.72. The Morgan fingerprint density at radius 3 is 1.54 bits per heavy atom. The van der Waals surface area contributed by atoms with Crippen LogP contribution in [0.2, 0.25) is 0 Å². The van der Waals surface area contributed by atoms with Crippen LogP contribution in [0.3, 0.4) is 0 Å². The van der Waals surface area contributed by atoms with Crippen molar-refractivity contribution in [2.45, 2.75) is 22.9 Å². The molecular formula is C20H22Br2N4S2+2. The van der Waals surface area contributed by atoms with Gasteiger partial charge in [0.15, 0.2) is 0 Å². The molecule has 0 amide bonds. The Morgan fingerprint density at radius 2 is 1.14 bits per heavy atom. The van der Waals surface area contributed by atoms with Crippen LogP contribution in [-0.4, -0.2) is 23.1 Å². The van der Waals surface area contributed by atoms with Gasteiger partial charge in [0.1, 0.15) is 0 Å². The second-order valence-corrected chi connectivity index (χ2v) is 10.6. The van der Waals surface area contributed by atoms with Crippen LogP contribution in [0.15, 0.2) is 55.4 Å². The molecule has 0 spiro atoms. The maximum atomic E-state index is 4.06. The van der Waals surface area contributed by atoms with E-state index >= 15 is 0 Å². The fourth-order valence-electron chi connectivity index (χ4n) is 3.48. The van der Waals surface area contributed by atoms with E-state index in [1.807, 2.05) is 0 Å². The standard InChI is InChI=1S/C20H20Br2N4S2/c21-11-1-3-13-15(5-7-23)19(25-17(13)9-11)27-28-20-16(6-8-24)14-4-2-12(22)10-18(14)26-20/h1-4,9-10,25-26H,5-8,23-24H2/p+2. The molecule has 0 aliphatic carbocycles. The van der Waals surface area contributed by atoms with Gasteiger partial charge in [-0.1, -0.05) is 44.0 Å². The molecule has 4 rings (SSSR count). The summed E-state index contributed by atoms with van der Waals surface area (Å²) in [5.41, 5.74) is 13.2. The molecule has 146 valence electrons. The van der Waals surface area contributed by atoms with Crippen molar-refractivity contribution in [1.82, 2.24) is 9.97 Å². The lowest BCUT2D eigenvalue weighted by Gasteiger charge is -2.04. The van der Waals surface area contributed by atoms with Crippen LogP contribution in [0.1, 0.15) is 11.1 Å². The van der Waals surface area contributed by atoms with E-state index in [9.17, 15) is 0 Å². The van der Waals surface area contributed by atoms with Gasteiger partial charge in [-0.25, -0.2) is 0 Å². The van der Waals surface area contributed by atoms with Crippen molar-refractivity contribution in [2.24, 2.45) is 0 Å². The van der Waals surface area contributed by atoms with E-state index < -0.39 is 0 Å². The fourth-order valence-corrected chi connectivity index (χ4v) is 6.65. The average Bonchev–Trinajstić information content (AvgIpc) is 3.18. The van der Waals surface area contributed by atoms with Crippen LogP contribution >= 0.6 is 53.4 Å². The Morgan fingerprint density at radius 1 is 0.714 bits per heavy atom. The van der Waals surface area contributed by atoms with E-state index in [-0.39, 0.29) is 0 Å². The zero-order chi connectivity index (χ0) is 19.7. The number of quaternary nitrogens is 2. The summed E-state index contributed by atoms with van der Waals surface area (Å²) in [6.07, 6.45) is 1.94. The number of benzene rings is 2. The number of aromatic amines is 2. The monoisotopic (exact) mass is 540 g/mol. The SMILES string of the molecule is [NH3+]CCc1c(SSc2[nH]c3cc(Br)ccc3c2CC[NH3+])[nH]c2cc(Br)ccc12. The van der Waals surface area contributed by atoms with Gasteiger partial charge in [-0.05, 0) is 57.0 Å². The van der Waals surface area contributed by atoms with Gasteiger partial charge in [-0.3, -0.25) is 0 Å². The largest absolute Gasteiger partial charge is 0.357 e. The van der Waals surface area contributed by atoms with Gasteiger partial charge in [-0.2, -0.15) is 0 Å². The third kappa shape index (κ3) is 4.04. The summed E-state index contributed by atoms with van der Waals surface area (Å²) >= 11 is 7.15. The minimum atomic E-state index is 0.883. The quantitative estimate of drug-likeness (QED) is 0.259. The minimum Gasteiger partial charge on any atom is -0.357 e. The molecule has 4 nitrogen and oxygen atoms in total. The summed E-state index contributed by atoms with van der Waals surface area (Å²) in [6.45, 7) is 1.77. The molecule has 0 aliphatic rings. The average molecular weight is 542 g/mol. The van der Waals surface area contributed by atoms with Gasteiger partial charge in [-0.15, -0.1) is 0 Å². The number of halogens is 2. The summed E-state index contributed by atoms with van der Waals surface area (Å²) in [4.78, 5) is 7.21. The predicted molar refractivity (Wildman–Crippen MR) is 127 cm³/mol. The Kier molecular flexibility index (Phi) is 6.44. The first-order valence-corrected chi connectivity index (χ1v) is 12.9. The van der Waals surface area contributed by atoms with E-state index in [4.69, 9.17) is 0 Å². The first-order valence-electron chi connectivity index (χ1n) is 9.14. The molecular weight excluding hydrogens is 520 g/mol. The van der Waals surface area contributed by atoms with Crippen LogP contribution in [-0.2, 0) is 12.8 Å². The lowest BCUT2D eigenvalue weighted by molar-refractivity contribution is -0.367. The number of fused-ring (bicyclic) bond motifs is 2. The number of nitrogens with one attached hydrogen (secondary N) is 2. The highest BCUT2D eigenvalue weighted by atomic mass is 79.9. The van der Waals surface area contributed by atoms with Gasteiger partial charge in [0.05, 0.1) is 23.1 Å². The molecule has 0 saturated carbocycles. The van der Waals surface area contributed by atoms with Crippen LogP contribution < -0.4 is 11.5 Å². The topological polar surface area (TPSA) is 86.9 Å². The van der Waals surface area contributed by atoms with E-state index in [0.717, 1.165) is 34.9 Å². The molecule has 0 atom stereocenters. The maximum Gasteiger partial charge on any atom is 0.0879 e. The van der Waals surface area contributed by atoms with Gasteiger partial charge < -0.3 is 21.4 Å². The lowest BCUT2D eigenvalue weighted by Crippen LogP contribution is -2.51. The van der Waals surface area contributed by atoms with Crippen molar-refractivity contribution in [3.05, 3.63) is 56.5 Å². The summed E-state index contributed by atoms with van der Waals surface area (Å²) in [6, 6.07) is 12.9. The number of H-pyrrole nitrogens is 2.